The second kappa shape index (κ2) is 8.20. The number of amides is 1. The number of pyridine rings is 1. The quantitative estimate of drug-likeness (QED) is 0.605. The van der Waals surface area contributed by atoms with E-state index in [9.17, 15) is 9.18 Å². The summed E-state index contributed by atoms with van der Waals surface area (Å²) in [7, 11) is 0. The van der Waals surface area contributed by atoms with Gasteiger partial charge in [-0.2, -0.15) is 5.10 Å². The van der Waals surface area contributed by atoms with Crippen molar-refractivity contribution in [3.63, 3.8) is 0 Å². The maximum absolute atomic E-state index is 13.3. The average Bonchev–Trinajstić information content (AvgIpc) is 3.56. The van der Waals surface area contributed by atoms with Gasteiger partial charge >= 0.3 is 0 Å². The third kappa shape index (κ3) is 4.16. The van der Waals surface area contributed by atoms with Crippen LogP contribution in [0.25, 0.3) is 11.0 Å². The topological polar surface area (TPSA) is 54.3 Å². The van der Waals surface area contributed by atoms with Crippen LogP contribution in [0.1, 0.15) is 35.6 Å². The van der Waals surface area contributed by atoms with Gasteiger partial charge in [0.25, 0.3) is 0 Å². The molecule has 1 saturated carbocycles. The van der Waals surface area contributed by atoms with E-state index in [-0.39, 0.29) is 18.3 Å². The van der Waals surface area contributed by atoms with Crippen LogP contribution in [-0.2, 0) is 17.9 Å². The van der Waals surface area contributed by atoms with Gasteiger partial charge in [0.15, 0.2) is 5.65 Å². The van der Waals surface area contributed by atoms with E-state index in [1.807, 2.05) is 18.0 Å². The van der Waals surface area contributed by atoms with Gasteiger partial charge < -0.3 is 4.90 Å². The van der Waals surface area contributed by atoms with E-state index in [2.05, 4.69) is 21.0 Å². The fourth-order valence-electron chi connectivity index (χ4n) is 4.43. The van der Waals surface area contributed by atoms with Crippen molar-refractivity contribution in [2.45, 2.75) is 38.8 Å². The molecule has 1 saturated heterocycles. The van der Waals surface area contributed by atoms with Crippen molar-refractivity contribution >= 4 is 28.5 Å². The maximum Gasteiger partial charge on any atom is 0.244 e. The third-order valence-corrected chi connectivity index (χ3v) is 6.63. The summed E-state index contributed by atoms with van der Waals surface area (Å²) < 4.78 is 15.0. The molecule has 8 heteroatoms. The van der Waals surface area contributed by atoms with Gasteiger partial charge in [0.05, 0.1) is 5.69 Å². The monoisotopic (exact) mass is 441 g/mol. The first-order valence-electron chi connectivity index (χ1n) is 10.8. The van der Waals surface area contributed by atoms with Crippen molar-refractivity contribution in [3.05, 3.63) is 58.1 Å². The maximum atomic E-state index is 13.3. The number of nitrogens with zero attached hydrogens (tertiary/aromatic N) is 5. The smallest absolute Gasteiger partial charge is 0.244 e. The SMILES string of the molecule is Cc1nn(CC(=O)N2CCN(Cc3ccc(F)cc3Cl)CC2)c2nccc(C3CC3)c12. The lowest BCUT2D eigenvalue weighted by atomic mass is 10.1. The Morgan fingerprint density at radius 2 is 1.97 bits per heavy atom. The minimum absolute atomic E-state index is 0.0579. The molecule has 5 rings (SSSR count). The van der Waals surface area contributed by atoms with Crippen molar-refractivity contribution in [2.24, 2.45) is 0 Å². The molecule has 0 spiro atoms. The highest BCUT2D eigenvalue weighted by Gasteiger charge is 2.28. The number of carbonyl (C=O) groups excluding carboxylic acids is 1. The van der Waals surface area contributed by atoms with E-state index in [0.29, 0.717) is 30.6 Å². The number of halogens is 2. The average molecular weight is 442 g/mol. The molecule has 3 aromatic rings. The van der Waals surface area contributed by atoms with Gasteiger partial charge in [0, 0.05) is 49.3 Å². The second-order valence-corrected chi connectivity index (χ2v) is 8.92. The molecule has 31 heavy (non-hydrogen) atoms. The highest BCUT2D eigenvalue weighted by Crippen LogP contribution is 2.43. The first-order valence-corrected chi connectivity index (χ1v) is 11.1. The van der Waals surface area contributed by atoms with Crippen LogP contribution in [0.2, 0.25) is 5.02 Å². The molecule has 0 bridgehead atoms. The first-order chi connectivity index (χ1) is 15.0. The number of rotatable bonds is 5. The summed E-state index contributed by atoms with van der Waals surface area (Å²) in [5, 5.41) is 6.19. The Morgan fingerprint density at radius 1 is 1.19 bits per heavy atom. The molecule has 2 aromatic heterocycles. The van der Waals surface area contributed by atoms with E-state index in [1.54, 1.807) is 10.7 Å². The van der Waals surface area contributed by atoms with Crippen LogP contribution in [0, 0.1) is 12.7 Å². The molecule has 1 amide bonds. The molecule has 0 N–H and O–H groups in total. The van der Waals surface area contributed by atoms with Crippen molar-refractivity contribution in [1.82, 2.24) is 24.6 Å². The molecule has 0 unspecified atom stereocenters. The van der Waals surface area contributed by atoms with Gasteiger partial charge in [-0.3, -0.25) is 9.69 Å². The summed E-state index contributed by atoms with van der Waals surface area (Å²) in [5.74, 6) is 0.340. The van der Waals surface area contributed by atoms with Gasteiger partial charge in [-0.25, -0.2) is 14.1 Å². The molecule has 0 atom stereocenters. The molecule has 2 aliphatic rings. The van der Waals surface area contributed by atoms with Crippen LogP contribution in [0.3, 0.4) is 0 Å². The van der Waals surface area contributed by atoms with Gasteiger partial charge in [-0.1, -0.05) is 17.7 Å². The summed E-state index contributed by atoms with van der Waals surface area (Å²) in [6.45, 7) is 5.65. The minimum Gasteiger partial charge on any atom is -0.339 e. The fraction of sp³-hybridized carbons (Fsp3) is 0.435. The van der Waals surface area contributed by atoms with E-state index in [0.717, 1.165) is 35.4 Å². The van der Waals surface area contributed by atoms with E-state index < -0.39 is 0 Å². The van der Waals surface area contributed by atoms with Gasteiger partial charge in [0.2, 0.25) is 5.91 Å². The lowest BCUT2D eigenvalue weighted by molar-refractivity contribution is -0.133. The summed E-state index contributed by atoms with van der Waals surface area (Å²) in [4.78, 5) is 21.6. The molecule has 3 heterocycles. The highest BCUT2D eigenvalue weighted by atomic mass is 35.5. The molecule has 1 aliphatic heterocycles. The van der Waals surface area contributed by atoms with Crippen LogP contribution in [0.4, 0.5) is 4.39 Å². The van der Waals surface area contributed by atoms with E-state index in [4.69, 9.17) is 11.6 Å². The molecule has 1 aromatic carbocycles. The predicted octanol–water partition coefficient (Wildman–Crippen LogP) is 3.75. The van der Waals surface area contributed by atoms with Crippen molar-refractivity contribution in [1.29, 1.82) is 0 Å². The summed E-state index contributed by atoms with van der Waals surface area (Å²) in [5.41, 5.74) is 3.96. The third-order valence-electron chi connectivity index (χ3n) is 6.28. The zero-order chi connectivity index (χ0) is 21.5. The van der Waals surface area contributed by atoms with Gasteiger partial charge in [-0.15, -0.1) is 0 Å². The van der Waals surface area contributed by atoms with Crippen LogP contribution >= 0.6 is 11.6 Å². The number of aromatic nitrogens is 3. The Bertz CT molecular complexity index is 1130. The van der Waals surface area contributed by atoms with Gasteiger partial charge in [0.1, 0.15) is 12.4 Å². The molecule has 2 fully saturated rings. The fourth-order valence-corrected chi connectivity index (χ4v) is 4.66. The second-order valence-electron chi connectivity index (χ2n) is 8.51. The normalized spacial score (nSPS) is 17.5. The Kier molecular flexibility index (Phi) is 5.40. The zero-order valence-corrected chi connectivity index (χ0v) is 18.3. The minimum atomic E-state index is -0.329. The van der Waals surface area contributed by atoms with Crippen molar-refractivity contribution in [3.8, 4) is 0 Å². The first kappa shape index (κ1) is 20.4. The number of fused-ring (bicyclic) bond motifs is 1. The number of hydrogen-bond acceptors (Lipinski definition) is 4. The molecule has 1 aliphatic carbocycles. The van der Waals surface area contributed by atoms with Crippen molar-refractivity contribution < 1.29 is 9.18 Å². The van der Waals surface area contributed by atoms with Crippen molar-refractivity contribution in [2.75, 3.05) is 26.2 Å². The number of aryl methyl sites for hydroxylation is 1. The lowest BCUT2D eigenvalue weighted by Crippen LogP contribution is -2.49. The Labute approximate surface area is 185 Å². The number of hydrogen-bond donors (Lipinski definition) is 0. The van der Waals surface area contributed by atoms with Crippen LogP contribution in [-0.4, -0.2) is 56.7 Å². The Hall–Kier alpha value is -2.51. The van der Waals surface area contributed by atoms with Crippen LogP contribution < -0.4 is 0 Å². The van der Waals surface area contributed by atoms with Crippen LogP contribution in [0.15, 0.2) is 30.5 Å². The van der Waals surface area contributed by atoms with Crippen LogP contribution in [0.5, 0.6) is 0 Å². The standard InChI is InChI=1S/C23H25ClFN5O/c1-15-22-19(16-2-3-16)6-7-26-23(22)30(27-15)14-21(31)29-10-8-28(9-11-29)13-17-4-5-18(25)12-20(17)24/h4-7,12,16H,2-3,8-11,13-14H2,1H3. The lowest BCUT2D eigenvalue weighted by Gasteiger charge is -2.35. The summed E-state index contributed by atoms with van der Waals surface area (Å²) in [6.07, 6.45) is 4.27. The number of benzene rings is 1. The Morgan fingerprint density at radius 3 is 2.68 bits per heavy atom. The molecule has 0 radical (unpaired) electrons. The number of piperazine rings is 1. The zero-order valence-electron chi connectivity index (χ0n) is 17.5. The highest BCUT2D eigenvalue weighted by molar-refractivity contribution is 6.31. The molecular weight excluding hydrogens is 417 g/mol. The van der Waals surface area contributed by atoms with E-state index >= 15 is 0 Å². The predicted molar refractivity (Wildman–Crippen MR) is 118 cm³/mol. The molecule has 162 valence electrons. The number of carbonyl (C=O) groups is 1. The van der Waals surface area contributed by atoms with Gasteiger partial charge in [-0.05, 0) is 55.0 Å². The largest absolute Gasteiger partial charge is 0.339 e. The molecular formula is C23H25ClFN5O. The molecule has 6 nitrogen and oxygen atoms in total. The Balaban J connectivity index is 1.23. The summed E-state index contributed by atoms with van der Waals surface area (Å²) in [6, 6.07) is 6.59. The van der Waals surface area contributed by atoms with E-state index in [1.165, 1.54) is 30.5 Å². The summed E-state index contributed by atoms with van der Waals surface area (Å²) >= 11 is 6.16.